The molecule has 0 unspecified atom stereocenters. The molecule has 0 bridgehead atoms. The van der Waals surface area contributed by atoms with E-state index in [4.69, 9.17) is 5.21 Å². The topological polar surface area (TPSA) is 113 Å². The van der Waals surface area contributed by atoms with Crippen molar-refractivity contribution < 1.29 is 23.2 Å². The zero-order chi connectivity index (χ0) is 18.4. The second-order valence-electron chi connectivity index (χ2n) is 5.12. The highest BCUT2D eigenvalue weighted by Crippen LogP contribution is 2.19. The Balaban J connectivity index is 2.28. The molecular formula is C17H16N2O5S. The minimum atomic E-state index is -3.87. The van der Waals surface area contributed by atoms with E-state index in [0.29, 0.717) is 11.1 Å². The second kappa shape index (κ2) is 7.73. The molecule has 7 nitrogen and oxygen atoms in total. The smallest absolute Gasteiger partial charge is 0.267 e. The van der Waals surface area contributed by atoms with Gasteiger partial charge < -0.3 is 0 Å². The fourth-order valence-electron chi connectivity index (χ4n) is 2.01. The molecule has 0 saturated carbocycles. The molecule has 0 aliphatic heterocycles. The van der Waals surface area contributed by atoms with Gasteiger partial charge in [-0.3, -0.25) is 19.5 Å². The highest BCUT2D eigenvalue weighted by atomic mass is 32.2. The third-order valence-electron chi connectivity index (χ3n) is 3.23. The van der Waals surface area contributed by atoms with E-state index >= 15 is 0 Å². The first kappa shape index (κ1) is 18.4. The number of carbonyl (C=O) groups is 2. The maximum absolute atomic E-state index is 12.5. The van der Waals surface area contributed by atoms with Gasteiger partial charge in [0.1, 0.15) is 0 Å². The number of amides is 1. The van der Waals surface area contributed by atoms with Crippen LogP contribution in [0, 0.1) is 0 Å². The van der Waals surface area contributed by atoms with Crippen LogP contribution >= 0.6 is 0 Å². The largest absolute Gasteiger partial charge is 0.295 e. The summed E-state index contributed by atoms with van der Waals surface area (Å²) in [6, 6.07) is 12.1. The number of benzene rings is 2. The third kappa shape index (κ3) is 5.00. The van der Waals surface area contributed by atoms with Crippen LogP contribution in [-0.4, -0.2) is 25.3 Å². The van der Waals surface area contributed by atoms with Crippen molar-refractivity contribution in [1.82, 2.24) is 5.48 Å². The summed E-state index contributed by atoms with van der Waals surface area (Å²) in [7, 11) is -3.87. The van der Waals surface area contributed by atoms with Crippen LogP contribution < -0.4 is 10.2 Å². The van der Waals surface area contributed by atoms with Crippen molar-refractivity contribution in [3.8, 4) is 0 Å². The molecule has 0 aliphatic rings. The van der Waals surface area contributed by atoms with Gasteiger partial charge in [-0.05, 0) is 42.8 Å². The number of nitrogens with one attached hydrogen (secondary N) is 2. The van der Waals surface area contributed by atoms with Crippen molar-refractivity contribution in [2.45, 2.75) is 11.8 Å². The predicted octanol–water partition coefficient (Wildman–Crippen LogP) is 2.21. The number of rotatable bonds is 6. The average molecular weight is 360 g/mol. The maximum atomic E-state index is 12.5. The predicted molar refractivity (Wildman–Crippen MR) is 92.7 cm³/mol. The number of hydrogen-bond acceptors (Lipinski definition) is 5. The Kier molecular flexibility index (Phi) is 5.68. The van der Waals surface area contributed by atoms with E-state index in [2.05, 4.69) is 4.72 Å². The number of Topliss-reactive ketones (excluding diaryl/α,β-unsaturated/α-hetero) is 1. The molecule has 0 heterocycles. The van der Waals surface area contributed by atoms with E-state index in [1.165, 1.54) is 42.7 Å². The lowest BCUT2D eigenvalue weighted by Gasteiger charge is -2.09. The highest BCUT2D eigenvalue weighted by Gasteiger charge is 2.15. The molecule has 2 aromatic rings. The number of sulfonamides is 1. The summed E-state index contributed by atoms with van der Waals surface area (Å²) >= 11 is 0. The molecule has 0 aliphatic carbocycles. The van der Waals surface area contributed by atoms with Crippen molar-refractivity contribution in [3.63, 3.8) is 0 Å². The van der Waals surface area contributed by atoms with Gasteiger partial charge in [-0.25, -0.2) is 13.9 Å². The molecule has 0 spiro atoms. The zero-order valence-corrected chi connectivity index (χ0v) is 14.1. The van der Waals surface area contributed by atoms with E-state index in [9.17, 15) is 18.0 Å². The van der Waals surface area contributed by atoms with Gasteiger partial charge >= 0.3 is 0 Å². The number of ketones is 1. The number of anilines is 1. The van der Waals surface area contributed by atoms with Crippen LogP contribution in [0.3, 0.4) is 0 Å². The Morgan fingerprint density at radius 1 is 1.08 bits per heavy atom. The van der Waals surface area contributed by atoms with Crippen LogP contribution in [-0.2, 0) is 14.8 Å². The lowest BCUT2D eigenvalue weighted by atomic mass is 10.1. The molecule has 0 atom stereocenters. The molecule has 1 amide bonds. The fraction of sp³-hybridized carbons (Fsp3) is 0.0588. The van der Waals surface area contributed by atoms with Gasteiger partial charge in [0.15, 0.2) is 5.78 Å². The Bertz CT molecular complexity index is 936. The van der Waals surface area contributed by atoms with Crippen LogP contribution in [0.5, 0.6) is 0 Å². The van der Waals surface area contributed by atoms with Crippen molar-refractivity contribution in [2.24, 2.45) is 0 Å². The van der Waals surface area contributed by atoms with Crippen molar-refractivity contribution >= 4 is 33.5 Å². The van der Waals surface area contributed by atoms with Gasteiger partial charge in [0.25, 0.3) is 15.9 Å². The summed E-state index contributed by atoms with van der Waals surface area (Å²) in [6.45, 7) is 1.39. The van der Waals surface area contributed by atoms with Crippen molar-refractivity contribution in [2.75, 3.05) is 4.72 Å². The molecule has 2 aromatic carbocycles. The minimum absolute atomic E-state index is 0.00714. The van der Waals surface area contributed by atoms with Gasteiger partial charge in [-0.1, -0.05) is 24.3 Å². The second-order valence-corrected chi connectivity index (χ2v) is 6.81. The van der Waals surface area contributed by atoms with Crippen LogP contribution in [0.25, 0.3) is 6.08 Å². The molecule has 0 fully saturated rings. The Morgan fingerprint density at radius 2 is 1.80 bits per heavy atom. The first-order chi connectivity index (χ1) is 11.8. The maximum Gasteiger partial charge on any atom is 0.267 e. The zero-order valence-electron chi connectivity index (χ0n) is 13.3. The number of carbonyl (C=O) groups excluding carboxylic acids is 2. The summed E-state index contributed by atoms with van der Waals surface area (Å²) in [4.78, 5) is 22.4. The van der Waals surface area contributed by atoms with Gasteiger partial charge in [0, 0.05) is 17.3 Å². The van der Waals surface area contributed by atoms with Crippen LogP contribution in [0.1, 0.15) is 22.8 Å². The molecule has 25 heavy (non-hydrogen) atoms. The van der Waals surface area contributed by atoms with Crippen LogP contribution in [0.4, 0.5) is 5.69 Å². The molecule has 8 heteroatoms. The Labute approximate surface area is 145 Å². The lowest BCUT2D eigenvalue weighted by Crippen LogP contribution is -2.15. The SMILES string of the molecule is CC(=O)c1cccc(NS(=O)(=O)c2cccc(C=CC(=O)NO)c2)c1. The first-order valence-electron chi connectivity index (χ1n) is 7.18. The lowest BCUT2D eigenvalue weighted by molar-refractivity contribution is -0.124. The standard InChI is InChI=1S/C17H16N2O5S/c1-12(20)14-5-3-6-15(11-14)19-25(23,24)16-7-2-4-13(10-16)8-9-17(21)18-22/h2-11,19,22H,1H3,(H,18,21). The minimum Gasteiger partial charge on any atom is -0.295 e. The van der Waals surface area contributed by atoms with Crippen LogP contribution in [0.2, 0.25) is 0 Å². The summed E-state index contributed by atoms with van der Waals surface area (Å²) in [5.41, 5.74) is 2.57. The number of hydroxylamine groups is 1. The van der Waals surface area contributed by atoms with Gasteiger partial charge in [-0.2, -0.15) is 0 Å². The molecule has 2 rings (SSSR count). The van der Waals surface area contributed by atoms with Crippen molar-refractivity contribution in [3.05, 3.63) is 65.7 Å². The van der Waals surface area contributed by atoms with E-state index in [0.717, 1.165) is 6.08 Å². The summed E-state index contributed by atoms with van der Waals surface area (Å²) in [5, 5.41) is 8.44. The third-order valence-corrected chi connectivity index (χ3v) is 4.61. The van der Waals surface area contributed by atoms with Crippen LogP contribution in [0.15, 0.2) is 59.5 Å². The van der Waals surface area contributed by atoms with E-state index < -0.39 is 15.9 Å². The molecule has 3 N–H and O–H groups in total. The Morgan fingerprint density at radius 3 is 2.48 bits per heavy atom. The van der Waals surface area contributed by atoms with E-state index in [-0.39, 0.29) is 16.4 Å². The number of hydrogen-bond donors (Lipinski definition) is 3. The normalized spacial score (nSPS) is 11.3. The molecule has 0 aromatic heterocycles. The summed E-state index contributed by atoms with van der Waals surface area (Å²) in [5.74, 6) is -0.900. The van der Waals surface area contributed by atoms with Gasteiger partial charge in [-0.15, -0.1) is 0 Å². The average Bonchev–Trinajstić information content (AvgIpc) is 2.59. The highest BCUT2D eigenvalue weighted by molar-refractivity contribution is 7.92. The van der Waals surface area contributed by atoms with E-state index in [1.54, 1.807) is 24.3 Å². The Hall–Kier alpha value is -2.97. The van der Waals surface area contributed by atoms with E-state index in [1.807, 2.05) is 0 Å². The monoisotopic (exact) mass is 360 g/mol. The quantitative estimate of drug-likeness (QED) is 0.316. The molecule has 130 valence electrons. The molecule has 0 saturated heterocycles. The van der Waals surface area contributed by atoms with Crippen molar-refractivity contribution in [1.29, 1.82) is 0 Å². The summed E-state index contributed by atoms with van der Waals surface area (Å²) < 4.78 is 27.4. The first-order valence-corrected chi connectivity index (χ1v) is 8.66. The molecule has 0 radical (unpaired) electrons. The molecular weight excluding hydrogens is 344 g/mol. The summed E-state index contributed by atoms with van der Waals surface area (Å²) in [6.07, 6.45) is 2.43. The fourth-order valence-corrected chi connectivity index (χ4v) is 3.11. The van der Waals surface area contributed by atoms with Gasteiger partial charge in [0.05, 0.1) is 4.90 Å². The van der Waals surface area contributed by atoms with Gasteiger partial charge in [0.2, 0.25) is 0 Å².